The lowest BCUT2D eigenvalue weighted by atomic mass is 10.1. The molecular formula is C32H23N3. The molecule has 0 N–H and O–H groups in total. The molecule has 0 aliphatic heterocycles. The van der Waals surface area contributed by atoms with Crippen molar-refractivity contribution in [2.75, 3.05) is 4.90 Å². The van der Waals surface area contributed by atoms with Gasteiger partial charge in [-0.05, 0) is 79.2 Å². The molecule has 3 heteroatoms. The van der Waals surface area contributed by atoms with Gasteiger partial charge < -0.3 is 9.47 Å². The van der Waals surface area contributed by atoms with Crippen LogP contribution in [-0.4, -0.2) is 4.57 Å². The van der Waals surface area contributed by atoms with E-state index in [1.807, 2.05) is 30.3 Å². The molecule has 0 atom stereocenters. The highest BCUT2D eigenvalue weighted by Gasteiger charge is 2.16. The summed E-state index contributed by atoms with van der Waals surface area (Å²) in [6.07, 6.45) is 0. The lowest BCUT2D eigenvalue weighted by Gasteiger charge is -2.26. The molecule has 3 nitrogen and oxygen atoms in total. The molecule has 0 bridgehead atoms. The minimum atomic E-state index is 0.650. The van der Waals surface area contributed by atoms with Gasteiger partial charge in [0.25, 0.3) is 0 Å². The highest BCUT2D eigenvalue weighted by atomic mass is 15.1. The van der Waals surface area contributed by atoms with Crippen LogP contribution < -0.4 is 4.90 Å². The summed E-state index contributed by atoms with van der Waals surface area (Å²) in [5.74, 6) is 0. The van der Waals surface area contributed by atoms with Gasteiger partial charge in [0.05, 0.1) is 22.7 Å². The van der Waals surface area contributed by atoms with Gasteiger partial charge in [0, 0.05) is 33.5 Å². The number of hydrogen-bond donors (Lipinski definition) is 0. The van der Waals surface area contributed by atoms with Gasteiger partial charge in [0.2, 0.25) is 0 Å². The van der Waals surface area contributed by atoms with Crippen LogP contribution in [0.15, 0.2) is 121 Å². The summed E-state index contributed by atoms with van der Waals surface area (Å²) in [4.78, 5) is 2.24. The maximum atomic E-state index is 9.29. The van der Waals surface area contributed by atoms with Crippen LogP contribution in [0.5, 0.6) is 0 Å². The first-order chi connectivity index (χ1) is 17.2. The van der Waals surface area contributed by atoms with Crippen molar-refractivity contribution in [2.45, 2.75) is 6.92 Å². The zero-order valence-corrected chi connectivity index (χ0v) is 19.4. The van der Waals surface area contributed by atoms with Crippen molar-refractivity contribution in [3.05, 3.63) is 132 Å². The third-order valence-electron chi connectivity index (χ3n) is 6.41. The van der Waals surface area contributed by atoms with Gasteiger partial charge in [-0.3, -0.25) is 0 Å². The number of nitriles is 1. The smallest absolute Gasteiger partial charge is 0.0991 e. The Labute approximate surface area is 204 Å². The number of nitrogens with zero attached hydrogens (tertiary/aromatic N) is 3. The van der Waals surface area contributed by atoms with E-state index < -0.39 is 0 Å². The highest BCUT2D eigenvalue weighted by Crippen LogP contribution is 2.38. The second-order valence-electron chi connectivity index (χ2n) is 8.73. The third-order valence-corrected chi connectivity index (χ3v) is 6.41. The monoisotopic (exact) mass is 449 g/mol. The van der Waals surface area contributed by atoms with Crippen LogP contribution >= 0.6 is 0 Å². The molecule has 0 radical (unpaired) electrons. The number of rotatable bonds is 4. The average Bonchev–Trinajstić information content (AvgIpc) is 3.24. The molecule has 0 unspecified atom stereocenters. The minimum absolute atomic E-state index is 0.650. The molecule has 1 aromatic heterocycles. The Hall–Kier alpha value is -4.81. The summed E-state index contributed by atoms with van der Waals surface area (Å²) in [7, 11) is 0. The Bertz CT molecular complexity index is 1650. The summed E-state index contributed by atoms with van der Waals surface area (Å²) in [5, 5.41) is 11.8. The minimum Gasteiger partial charge on any atom is -0.310 e. The first-order valence-corrected chi connectivity index (χ1v) is 11.7. The third kappa shape index (κ3) is 3.62. The van der Waals surface area contributed by atoms with E-state index in [0.29, 0.717) is 5.56 Å². The lowest BCUT2D eigenvalue weighted by molar-refractivity contribution is 1.16. The zero-order chi connectivity index (χ0) is 23.8. The van der Waals surface area contributed by atoms with Crippen molar-refractivity contribution in [3.8, 4) is 11.8 Å². The van der Waals surface area contributed by atoms with Crippen molar-refractivity contribution < 1.29 is 0 Å². The van der Waals surface area contributed by atoms with Gasteiger partial charge in [-0.25, -0.2) is 0 Å². The van der Waals surface area contributed by atoms with Crippen molar-refractivity contribution in [1.29, 1.82) is 5.26 Å². The highest BCUT2D eigenvalue weighted by molar-refractivity contribution is 6.09. The van der Waals surface area contributed by atoms with Gasteiger partial charge in [-0.15, -0.1) is 0 Å². The summed E-state index contributed by atoms with van der Waals surface area (Å²) in [6, 6.07) is 44.2. The number of benzene rings is 5. The predicted octanol–water partition coefficient (Wildman–Crippen LogP) is 8.43. The van der Waals surface area contributed by atoms with Gasteiger partial charge in [-0.2, -0.15) is 5.26 Å². The largest absolute Gasteiger partial charge is 0.310 e. The topological polar surface area (TPSA) is 32.0 Å². The molecule has 0 amide bonds. The maximum absolute atomic E-state index is 9.29. The number of anilines is 3. The van der Waals surface area contributed by atoms with E-state index in [-0.39, 0.29) is 0 Å². The van der Waals surface area contributed by atoms with Crippen LogP contribution in [0.25, 0.3) is 27.5 Å². The summed E-state index contributed by atoms with van der Waals surface area (Å²) in [6.45, 7) is 2.14. The van der Waals surface area contributed by atoms with Gasteiger partial charge >= 0.3 is 0 Å². The standard InChI is InChI=1S/C32H23N3/c1-23-19-27(34(25-9-3-2-4-10-25)26-17-15-24(22-33)16-18-26)21-28(20-23)35-31-13-7-5-11-29(31)30-12-6-8-14-32(30)35/h2-21H,1H3. The van der Waals surface area contributed by atoms with Crippen LogP contribution in [0.1, 0.15) is 11.1 Å². The van der Waals surface area contributed by atoms with E-state index in [0.717, 1.165) is 22.7 Å². The van der Waals surface area contributed by atoms with Crippen molar-refractivity contribution in [3.63, 3.8) is 0 Å². The number of fused-ring (bicyclic) bond motifs is 3. The number of para-hydroxylation sites is 3. The summed E-state index contributed by atoms with van der Waals surface area (Å²) >= 11 is 0. The normalized spacial score (nSPS) is 11.0. The molecule has 0 spiro atoms. The fourth-order valence-electron chi connectivity index (χ4n) is 4.91. The van der Waals surface area contributed by atoms with Crippen LogP contribution in [-0.2, 0) is 0 Å². The predicted molar refractivity (Wildman–Crippen MR) is 145 cm³/mol. The van der Waals surface area contributed by atoms with Crippen LogP contribution in [0.2, 0.25) is 0 Å². The maximum Gasteiger partial charge on any atom is 0.0991 e. The summed E-state index contributed by atoms with van der Waals surface area (Å²) in [5.41, 5.74) is 8.46. The van der Waals surface area contributed by atoms with Crippen molar-refractivity contribution in [2.24, 2.45) is 0 Å². The second kappa shape index (κ2) is 8.52. The van der Waals surface area contributed by atoms with Crippen molar-refractivity contribution >= 4 is 38.9 Å². The van der Waals surface area contributed by atoms with Gasteiger partial charge in [-0.1, -0.05) is 54.6 Å². The SMILES string of the molecule is Cc1cc(N(c2ccccc2)c2ccc(C#N)cc2)cc(-n2c3ccccc3c3ccccc32)c1. The Balaban J connectivity index is 1.60. The molecular weight excluding hydrogens is 426 g/mol. The summed E-state index contributed by atoms with van der Waals surface area (Å²) < 4.78 is 2.35. The molecule has 5 aromatic carbocycles. The molecule has 0 aliphatic carbocycles. The molecule has 35 heavy (non-hydrogen) atoms. The van der Waals surface area contributed by atoms with E-state index >= 15 is 0 Å². The number of aryl methyl sites for hydroxylation is 1. The van der Waals surface area contributed by atoms with Crippen LogP contribution in [0, 0.1) is 18.3 Å². The molecule has 166 valence electrons. The quantitative estimate of drug-likeness (QED) is 0.270. The average molecular weight is 450 g/mol. The first kappa shape index (κ1) is 20.8. The van der Waals surface area contributed by atoms with Crippen molar-refractivity contribution in [1.82, 2.24) is 4.57 Å². The van der Waals surface area contributed by atoms with Gasteiger partial charge in [0.15, 0.2) is 0 Å². The van der Waals surface area contributed by atoms with E-state index in [1.54, 1.807) is 0 Å². The molecule has 0 aliphatic rings. The zero-order valence-electron chi connectivity index (χ0n) is 19.4. The fourth-order valence-corrected chi connectivity index (χ4v) is 4.91. The Morgan fingerprint density at radius 1 is 0.600 bits per heavy atom. The molecule has 6 aromatic rings. The Morgan fingerprint density at radius 2 is 1.17 bits per heavy atom. The Kier molecular flexibility index (Phi) is 5.05. The van der Waals surface area contributed by atoms with E-state index in [4.69, 9.17) is 0 Å². The molecule has 0 saturated heterocycles. The van der Waals surface area contributed by atoms with E-state index in [9.17, 15) is 5.26 Å². The van der Waals surface area contributed by atoms with Gasteiger partial charge in [0.1, 0.15) is 0 Å². The lowest BCUT2D eigenvalue weighted by Crippen LogP contribution is -2.11. The first-order valence-electron chi connectivity index (χ1n) is 11.7. The molecule has 1 heterocycles. The number of hydrogen-bond acceptors (Lipinski definition) is 2. The van der Waals surface area contributed by atoms with E-state index in [2.05, 4.69) is 113 Å². The number of aromatic nitrogens is 1. The molecule has 6 rings (SSSR count). The molecule has 0 saturated carbocycles. The Morgan fingerprint density at radius 3 is 1.80 bits per heavy atom. The molecule has 0 fully saturated rings. The fraction of sp³-hybridized carbons (Fsp3) is 0.0312. The van der Waals surface area contributed by atoms with Crippen LogP contribution in [0.3, 0.4) is 0 Å². The second-order valence-corrected chi connectivity index (χ2v) is 8.73. The van der Waals surface area contributed by atoms with E-state index in [1.165, 1.54) is 27.4 Å². The van der Waals surface area contributed by atoms with Crippen LogP contribution in [0.4, 0.5) is 17.1 Å².